The first-order valence-corrected chi connectivity index (χ1v) is 11.7. The first-order valence-electron chi connectivity index (χ1n) is 9.51. The molecular weight excluding hydrogens is 340 g/mol. The van der Waals surface area contributed by atoms with Gasteiger partial charge in [-0.15, -0.1) is 0 Å². The minimum Gasteiger partial charge on any atom is -0.257 e. The number of hydrogen-bond acceptors (Lipinski definition) is 4. The van der Waals surface area contributed by atoms with Crippen molar-refractivity contribution < 1.29 is 0 Å². The van der Waals surface area contributed by atoms with Gasteiger partial charge in [-0.1, -0.05) is 113 Å². The van der Waals surface area contributed by atoms with Gasteiger partial charge < -0.3 is 0 Å². The van der Waals surface area contributed by atoms with E-state index < -0.39 is 0 Å². The highest BCUT2D eigenvalue weighted by molar-refractivity contribution is 8.01. The number of rotatable bonds is 16. The van der Waals surface area contributed by atoms with Gasteiger partial charge in [-0.05, 0) is 18.6 Å². The minimum absolute atomic E-state index is 0.786. The molecule has 2 nitrogen and oxygen atoms in total. The lowest BCUT2D eigenvalue weighted by Crippen LogP contribution is -1.84. The lowest BCUT2D eigenvalue weighted by molar-refractivity contribution is 0.538. The molecule has 134 valence electrons. The first-order chi connectivity index (χ1) is 11.3. The van der Waals surface area contributed by atoms with E-state index in [1.807, 2.05) is 11.8 Å². The predicted octanol–water partition coefficient (Wildman–Crippen LogP) is 7.77. The largest absolute Gasteiger partial charge is 0.257 e. The number of aromatic amines is 1. The summed E-state index contributed by atoms with van der Waals surface area (Å²) in [6, 6.07) is 0. The van der Waals surface area contributed by atoms with Crippen molar-refractivity contribution in [3.05, 3.63) is 3.95 Å². The number of thioether (sulfide) groups is 1. The van der Waals surface area contributed by atoms with Gasteiger partial charge in [0.05, 0.1) is 0 Å². The maximum Gasteiger partial charge on any atom is 0.177 e. The van der Waals surface area contributed by atoms with Crippen LogP contribution in [0.15, 0.2) is 4.34 Å². The summed E-state index contributed by atoms with van der Waals surface area (Å²) in [7, 11) is 0. The Kier molecular flexibility index (Phi) is 14.4. The lowest BCUT2D eigenvalue weighted by atomic mass is 10.0. The summed E-state index contributed by atoms with van der Waals surface area (Å²) in [6.07, 6.45) is 19.9. The molecule has 0 fully saturated rings. The van der Waals surface area contributed by atoms with Crippen molar-refractivity contribution in [1.29, 1.82) is 0 Å². The second kappa shape index (κ2) is 15.6. The summed E-state index contributed by atoms with van der Waals surface area (Å²) < 4.78 is 1.87. The maximum atomic E-state index is 5.03. The van der Waals surface area contributed by atoms with Crippen LogP contribution in [0.3, 0.4) is 0 Å². The van der Waals surface area contributed by atoms with Crippen LogP contribution in [0.25, 0.3) is 0 Å². The van der Waals surface area contributed by atoms with E-state index in [9.17, 15) is 0 Å². The van der Waals surface area contributed by atoms with Gasteiger partial charge in [-0.25, -0.2) is 0 Å². The van der Waals surface area contributed by atoms with Crippen LogP contribution >= 0.6 is 35.3 Å². The number of nitrogens with zero attached hydrogens (tertiary/aromatic N) is 1. The Morgan fingerprint density at radius 1 is 0.826 bits per heavy atom. The average Bonchev–Trinajstić information content (AvgIpc) is 2.96. The first kappa shape index (κ1) is 21.2. The Balaban J connectivity index is 1.72. The van der Waals surface area contributed by atoms with E-state index >= 15 is 0 Å². The van der Waals surface area contributed by atoms with Crippen LogP contribution < -0.4 is 0 Å². The van der Waals surface area contributed by atoms with Crippen molar-refractivity contribution >= 4 is 35.3 Å². The number of hydrogen-bond donors (Lipinski definition) is 1. The molecule has 0 bridgehead atoms. The third-order valence-electron chi connectivity index (χ3n) is 4.14. The highest BCUT2D eigenvalue weighted by atomic mass is 32.2. The van der Waals surface area contributed by atoms with E-state index in [-0.39, 0.29) is 0 Å². The van der Waals surface area contributed by atoms with Gasteiger partial charge >= 0.3 is 0 Å². The zero-order valence-corrected chi connectivity index (χ0v) is 17.2. The monoisotopic (exact) mass is 374 g/mol. The molecule has 0 aliphatic rings. The molecule has 0 spiro atoms. The van der Waals surface area contributed by atoms with Crippen LogP contribution in [0.5, 0.6) is 0 Å². The van der Waals surface area contributed by atoms with Crippen LogP contribution in [0.1, 0.15) is 96.8 Å². The van der Waals surface area contributed by atoms with E-state index in [2.05, 4.69) is 17.1 Å². The van der Waals surface area contributed by atoms with Gasteiger partial charge in [-0.2, -0.15) is 5.10 Å². The summed E-state index contributed by atoms with van der Waals surface area (Å²) in [5.41, 5.74) is 0. The molecule has 0 aromatic carbocycles. The van der Waals surface area contributed by atoms with Gasteiger partial charge in [0.15, 0.2) is 8.29 Å². The minimum atomic E-state index is 0.786. The second-order valence-corrected chi connectivity index (χ2v) is 9.33. The molecule has 23 heavy (non-hydrogen) atoms. The van der Waals surface area contributed by atoms with Gasteiger partial charge in [-0.3, -0.25) is 5.10 Å². The molecule has 5 heteroatoms. The quantitative estimate of drug-likeness (QED) is 0.182. The third kappa shape index (κ3) is 13.1. The van der Waals surface area contributed by atoms with E-state index in [1.165, 1.54) is 95.6 Å². The molecule has 1 heterocycles. The second-order valence-electron chi connectivity index (χ2n) is 6.32. The molecule has 0 saturated heterocycles. The topological polar surface area (TPSA) is 28.7 Å². The molecule has 0 aliphatic heterocycles. The SMILES string of the molecule is CCCCCCCCCCCCCCCCSc1n[nH]c(=S)s1. The zero-order chi connectivity index (χ0) is 16.6. The van der Waals surface area contributed by atoms with Crippen LogP contribution in [-0.2, 0) is 0 Å². The Hall–Kier alpha value is 0.130. The van der Waals surface area contributed by atoms with Gasteiger partial charge in [0, 0.05) is 5.75 Å². The molecule has 0 radical (unpaired) electrons. The fourth-order valence-electron chi connectivity index (χ4n) is 2.73. The molecule has 0 unspecified atom stereocenters. The van der Waals surface area contributed by atoms with Gasteiger partial charge in [0.25, 0.3) is 0 Å². The molecule has 0 amide bonds. The van der Waals surface area contributed by atoms with Crippen molar-refractivity contribution in [2.24, 2.45) is 0 Å². The number of unbranched alkanes of at least 4 members (excludes halogenated alkanes) is 13. The standard InChI is InChI=1S/C18H34N2S3/c1-2-3-4-5-6-7-8-9-10-11-12-13-14-15-16-22-18-20-19-17(21)23-18/h2-16H2,1H3,(H,19,21). The highest BCUT2D eigenvalue weighted by Crippen LogP contribution is 2.22. The van der Waals surface area contributed by atoms with Crippen molar-refractivity contribution in [2.75, 3.05) is 5.75 Å². The summed E-state index contributed by atoms with van der Waals surface area (Å²) in [5, 5.41) is 7.00. The third-order valence-corrected chi connectivity index (χ3v) is 6.46. The highest BCUT2D eigenvalue weighted by Gasteiger charge is 1.98. The zero-order valence-electron chi connectivity index (χ0n) is 14.8. The molecular formula is C18H34N2S3. The van der Waals surface area contributed by atoms with Crippen molar-refractivity contribution in [1.82, 2.24) is 10.2 Å². The molecule has 1 N–H and O–H groups in total. The van der Waals surface area contributed by atoms with E-state index in [0.29, 0.717) is 0 Å². The fourth-order valence-corrected chi connectivity index (χ4v) is 4.88. The predicted molar refractivity (Wildman–Crippen MR) is 108 cm³/mol. The van der Waals surface area contributed by atoms with Crippen molar-refractivity contribution in [3.8, 4) is 0 Å². The van der Waals surface area contributed by atoms with E-state index in [0.717, 1.165) is 8.29 Å². The van der Waals surface area contributed by atoms with E-state index in [4.69, 9.17) is 12.2 Å². The number of H-pyrrole nitrogens is 1. The van der Waals surface area contributed by atoms with Gasteiger partial charge in [0.1, 0.15) is 0 Å². The van der Waals surface area contributed by atoms with Crippen LogP contribution in [0.2, 0.25) is 0 Å². The average molecular weight is 375 g/mol. The number of aromatic nitrogens is 2. The van der Waals surface area contributed by atoms with E-state index in [1.54, 1.807) is 11.3 Å². The Morgan fingerprint density at radius 2 is 1.30 bits per heavy atom. The normalized spacial score (nSPS) is 11.2. The van der Waals surface area contributed by atoms with Crippen LogP contribution in [-0.4, -0.2) is 16.0 Å². The fraction of sp³-hybridized carbons (Fsp3) is 0.889. The Morgan fingerprint density at radius 3 is 1.74 bits per heavy atom. The molecule has 0 aliphatic carbocycles. The molecule has 1 aromatic rings. The summed E-state index contributed by atoms with van der Waals surface area (Å²) in [4.78, 5) is 0. The molecule has 0 saturated carbocycles. The summed E-state index contributed by atoms with van der Waals surface area (Å²) in [6.45, 7) is 2.29. The lowest BCUT2D eigenvalue weighted by Gasteiger charge is -2.03. The summed E-state index contributed by atoms with van der Waals surface area (Å²) >= 11 is 8.45. The van der Waals surface area contributed by atoms with Gasteiger partial charge in [0.2, 0.25) is 0 Å². The van der Waals surface area contributed by atoms with Crippen LogP contribution in [0.4, 0.5) is 0 Å². The molecule has 0 atom stereocenters. The smallest absolute Gasteiger partial charge is 0.177 e. The van der Waals surface area contributed by atoms with Crippen molar-refractivity contribution in [2.45, 2.75) is 101 Å². The summed E-state index contributed by atoms with van der Waals surface area (Å²) in [5.74, 6) is 1.17. The Bertz CT molecular complexity index is 414. The number of nitrogens with one attached hydrogen (secondary N) is 1. The van der Waals surface area contributed by atoms with Crippen molar-refractivity contribution in [3.63, 3.8) is 0 Å². The Labute approximate surface area is 156 Å². The molecule has 1 rings (SSSR count). The van der Waals surface area contributed by atoms with Crippen LogP contribution in [0, 0.1) is 3.95 Å². The molecule has 1 aromatic heterocycles. The maximum absolute atomic E-state index is 5.03.